The summed E-state index contributed by atoms with van der Waals surface area (Å²) in [5.74, 6) is -1.56. The predicted octanol–water partition coefficient (Wildman–Crippen LogP) is 3.28. The fourth-order valence-electron chi connectivity index (χ4n) is 4.83. The van der Waals surface area contributed by atoms with Crippen molar-refractivity contribution in [3.05, 3.63) is 24.2 Å². The number of anilines is 1. The van der Waals surface area contributed by atoms with Crippen molar-refractivity contribution in [2.24, 2.45) is 5.92 Å². The fourth-order valence-corrected chi connectivity index (χ4v) is 4.83. The number of nitrogens with one attached hydrogen (secondary N) is 1. The monoisotopic (exact) mass is 471 g/mol. The molecule has 4 heterocycles. The van der Waals surface area contributed by atoms with Gasteiger partial charge in [0.2, 0.25) is 17.7 Å². The number of amides is 1. The molecule has 1 saturated heterocycles. The lowest BCUT2D eigenvalue weighted by Gasteiger charge is -2.36. The van der Waals surface area contributed by atoms with Crippen molar-refractivity contribution in [3.8, 4) is 17.3 Å². The van der Waals surface area contributed by atoms with Gasteiger partial charge in [0.1, 0.15) is 12.2 Å². The molecule has 0 radical (unpaired) electrons. The number of halogens is 2. The lowest BCUT2D eigenvalue weighted by atomic mass is 9.80. The van der Waals surface area contributed by atoms with Gasteiger partial charge in [-0.05, 0) is 26.3 Å². The molecular weight excluding hydrogens is 444 g/mol. The van der Waals surface area contributed by atoms with Crippen LogP contribution in [0.1, 0.15) is 31.7 Å². The number of hydrogen-bond acceptors (Lipinski definition) is 7. The van der Waals surface area contributed by atoms with Crippen molar-refractivity contribution in [2.75, 3.05) is 25.5 Å². The zero-order chi connectivity index (χ0) is 24.0. The summed E-state index contributed by atoms with van der Waals surface area (Å²) in [6, 6.07) is 1.94. The highest BCUT2D eigenvalue weighted by atomic mass is 19.3. The third-order valence-corrected chi connectivity index (χ3v) is 6.61. The smallest absolute Gasteiger partial charge is 0.249 e. The maximum absolute atomic E-state index is 13.2. The highest BCUT2D eigenvalue weighted by molar-refractivity contribution is 5.86. The standard InChI is InChI=1S/C23H27F2N7O2/c1-4-32-19(14-7-13(2)21(34-3)26-10-14)30-17-18(27-12-28-20(17)32)29-16-5-6-31(11-16)22(33)15-8-23(24,25)9-15/h7,10,12,15-16H,4-6,8-9,11H2,1-3H3,(H,27,28,29)/t16-/m0/s1. The van der Waals surface area contributed by atoms with Crippen LogP contribution in [0.2, 0.25) is 0 Å². The summed E-state index contributed by atoms with van der Waals surface area (Å²) in [6.07, 6.45) is 3.25. The molecule has 180 valence electrons. The van der Waals surface area contributed by atoms with Crippen LogP contribution >= 0.6 is 0 Å². The predicted molar refractivity (Wildman–Crippen MR) is 122 cm³/mol. The molecular formula is C23H27F2N7O2. The first-order valence-corrected chi connectivity index (χ1v) is 11.4. The van der Waals surface area contributed by atoms with E-state index in [1.807, 2.05) is 24.5 Å². The first-order chi connectivity index (χ1) is 16.3. The second kappa shape index (κ2) is 8.44. The number of aryl methyl sites for hydroxylation is 2. The SMILES string of the molecule is CCn1c(-c2cnc(OC)c(C)c2)nc2c(N[C@H]3CCN(C(=O)C4CC(F)(F)C4)C3)ncnc21. The van der Waals surface area contributed by atoms with Crippen LogP contribution in [0.4, 0.5) is 14.6 Å². The topological polar surface area (TPSA) is 98.1 Å². The average Bonchev–Trinajstić information content (AvgIpc) is 3.42. The first-order valence-electron chi connectivity index (χ1n) is 11.4. The van der Waals surface area contributed by atoms with Gasteiger partial charge in [0.15, 0.2) is 17.0 Å². The molecule has 0 spiro atoms. The maximum Gasteiger partial charge on any atom is 0.249 e. The van der Waals surface area contributed by atoms with E-state index in [0.29, 0.717) is 48.9 Å². The number of carbonyl (C=O) groups excluding carboxylic acids is 1. The van der Waals surface area contributed by atoms with Crippen LogP contribution in [0.25, 0.3) is 22.6 Å². The van der Waals surface area contributed by atoms with Crippen LogP contribution in [-0.4, -0.2) is 67.5 Å². The van der Waals surface area contributed by atoms with E-state index in [2.05, 4.69) is 20.3 Å². The molecule has 9 nitrogen and oxygen atoms in total. The zero-order valence-corrected chi connectivity index (χ0v) is 19.4. The normalized spacial score (nSPS) is 19.9. The quantitative estimate of drug-likeness (QED) is 0.589. The summed E-state index contributed by atoms with van der Waals surface area (Å²) in [4.78, 5) is 32.3. The summed E-state index contributed by atoms with van der Waals surface area (Å²) in [7, 11) is 1.59. The van der Waals surface area contributed by atoms with Crippen LogP contribution in [0.15, 0.2) is 18.6 Å². The molecule has 1 aliphatic carbocycles. The van der Waals surface area contributed by atoms with Crippen molar-refractivity contribution in [1.29, 1.82) is 0 Å². The van der Waals surface area contributed by atoms with E-state index in [1.54, 1.807) is 18.2 Å². The minimum absolute atomic E-state index is 0.0391. The minimum Gasteiger partial charge on any atom is -0.481 e. The molecule has 1 saturated carbocycles. The summed E-state index contributed by atoms with van der Waals surface area (Å²) < 4.78 is 33.6. The summed E-state index contributed by atoms with van der Waals surface area (Å²) in [5, 5.41) is 3.40. The molecule has 1 atom stereocenters. The molecule has 5 rings (SSSR count). The van der Waals surface area contributed by atoms with E-state index in [4.69, 9.17) is 9.72 Å². The Hall–Kier alpha value is -3.37. The van der Waals surface area contributed by atoms with E-state index >= 15 is 0 Å². The number of pyridine rings is 1. The number of methoxy groups -OCH3 is 1. The largest absolute Gasteiger partial charge is 0.481 e. The Morgan fingerprint density at radius 2 is 2.09 bits per heavy atom. The zero-order valence-electron chi connectivity index (χ0n) is 19.4. The molecule has 2 aliphatic rings. The number of hydrogen-bond donors (Lipinski definition) is 1. The van der Waals surface area contributed by atoms with Crippen molar-refractivity contribution >= 4 is 22.9 Å². The van der Waals surface area contributed by atoms with Gasteiger partial charge >= 0.3 is 0 Å². The van der Waals surface area contributed by atoms with Crippen molar-refractivity contribution in [1.82, 2.24) is 29.4 Å². The highest BCUT2D eigenvalue weighted by Crippen LogP contribution is 2.43. The Bertz CT molecular complexity index is 1240. The van der Waals surface area contributed by atoms with E-state index in [9.17, 15) is 13.6 Å². The number of ether oxygens (including phenoxy) is 1. The Balaban J connectivity index is 1.38. The number of imidazole rings is 1. The van der Waals surface area contributed by atoms with Gasteiger partial charge in [-0.3, -0.25) is 4.79 Å². The number of nitrogens with zero attached hydrogens (tertiary/aromatic N) is 6. The molecule has 1 N–H and O–H groups in total. The third-order valence-electron chi connectivity index (χ3n) is 6.61. The molecule has 0 bridgehead atoms. The van der Waals surface area contributed by atoms with Crippen LogP contribution in [0, 0.1) is 12.8 Å². The van der Waals surface area contributed by atoms with Crippen LogP contribution < -0.4 is 10.1 Å². The molecule has 2 fully saturated rings. The Morgan fingerprint density at radius 1 is 1.29 bits per heavy atom. The van der Waals surface area contributed by atoms with Gasteiger partial charge in [-0.25, -0.2) is 28.7 Å². The second-order valence-electron chi connectivity index (χ2n) is 9.00. The summed E-state index contributed by atoms with van der Waals surface area (Å²) in [6.45, 7) is 5.60. The highest BCUT2D eigenvalue weighted by Gasteiger charge is 2.50. The number of rotatable bonds is 6. The van der Waals surface area contributed by atoms with Gasteiger partial charge in [0, 0.05) is 61.8 Å². The van der Waals surface area contributed by atoms with Crippen LogP contribution in [-0.2, 0) is 11.3 Å². The lowest BCUT2D eigenvalue weighted by Crippen LogP contribution is -2.46. The van der Waals surface area contributed by atoms with Gasteiger partial charge in [-0.2, -0.15) is 0 Å². The minimum atomic E-state index is -2.70. The van der Waals surface area contributed by atoms with Crippen LogP contribution in [0.5, 0.6) is 5.88 Å². The molecule has 11 heteroatoms. The Labute approximate surface area is 195 Å². The van der Waals surface area contributed by atoms with Crippen molar-refractivity contribution in [2.45, 2.75) is 51.6 Å². The molecule has 0 unspecified atom stereocenters. The third kappa shape index (κ3) is 3.92. The molecule has 1 amide bonds. The second-order valence-corrected chi connectivity index (χ2v) is 9.00. The fraction of sp³-hybridized carbons (Fsp3) is 0.522. The van der Waals surface area contributed by atoms with Gasteiger partial charge in [-0.15, -0.1) is 0 Å². The number of fused-ring (bicyclic) bond motifs is 1. The van der Waals surface area contributed by atoms with E-state index in [-0.39, 0.29) is 24.8 Å². The van der Waals surface area contributed by atoms with Gasteiger partial charge in [-0.1, -0.05) is 0 Å². The van der Waals surface area contributed by atoms with Gasteiger partial charge in [0.25, 0.3) is 0 Å². The summed E-state index contributed by atoms with van der Waals surface area (Å²) >= 11 is 0. The first kappa shape index (κ1) is 22.4. The number of likely N-dealkylation sites (tertiary alicyclic amines) is 1. The molecule has 3 aromatic heterocycles. The van der Waals surface area contributed by atoms with Gasteiger partial charge < -0.3 is 19.5 Å². The van der Waals surface area contributed by atoms with E-state index < -0.39 is 11.8 Å². The molecule has 3 aromatic rings. The average molecular weight is 472 g/mol. The van der Waals surface area contributed by atoms with Crippen molar-refractivity contribution in [3.63, 3.8) is 0 Å². The number of carbonyl (C=O) groups is 1. The number of aromatic nitrogens is 5. The van der Waals surface area contributed by atoms with E-state index in [1.165, 1.54) is 6.33 Å². The molecule has 34 heavy (non-hydrogen) atoms. The molecule has 0 aromatic carbocycles. The number of alkyl halides is 2. The lowest BCUT2D eigenvalue weighted by molar-refractivity contribution is -0.158. The Morgan fingerprint density at radius 3 is 2.76 bits per heavy atom. The molecule has 1 aliphatic heterocycles. The van der Waals surface area contributed by atoms with Crippen molar-refractivity contribution < 1.29 is 18.3 Å². The Kier molecular flexibility index (Phi) is 5.57. The van der Waals surface area contributed by atoms with E-state index in [0.717, 1.165) is 17.0 Å². The van der Waals surface area contributed by atoms with Gasteiger partial charge in [0.05, 0.1) is 7.11 Å². The maximum atomic E-state index is 13.2. The summed E-state index contributed by atoms with van der Waals surface area (Å²) in [5.41, 5.74) is 3.08. The van der Waals surface area contributed by atoms with Crippen LogP contribution in [0.3, 0.4) is 0 Å².